The molecule has 13 heteroatoms. The van der Waals surface area contributed by atoms with Gasteiger partial charge >= 0.3 is 0 Å². The molecule has 5 rings (SSSR count). The smallest absolute Gasteiger partial charge is 0.217 e. The Hall–Kier alpha value is -4.20. The summed E-state index contributed by atoms with van der Waals surface area (Å²) < 4.78 is 40.4. The number of ether oxygens (including phenoxy) is 2. The zero-order valence-electron chi connectivity index (χ0n) is 23.6. The zero-order chi connectivity index (χ0) is 30.0. The van der Waals surface area contributed by atoms with Gasteiger partial charge in [0.1, 0.15) is 17.2 Å². The molecule has 222 valence electrons. The van der Waals surface area contributed by atoms with Gasteiger partial charge in [-0.1, -0.05) is 6.92 Å². The highest BCUT2D eigenvalue weighted by Crippen LogP contribution is 2.35. The number of nitrogens with two attached hydrogens (primary N) is 1. The van der Waals surface area contributed by atoms with Crippen molar-refractivity contribution < 1.29 is 23.0 Å². The molecule has 2 saturated heterocycles. The highest BCUT2D eigenvalue weighted by molar-refractivity contribution is 6.09. The average Bonchev–Trinajstić information content (AvgIpc) is 3.36. The Morgan fingerprint density at radius 1 is 1.29 bits per heavy atom. The van der Waals surface area contributed by atoms with E-state index < -0.39 is 22.8 Å². The van der Waals surface area contributed by atoms with E-state index in [9.17, 15) is 13.6 Å². The maximum absolute atomic E-state index is 14.9. The number of nitrogens with zero attached hydrogens (tertiary/aromatic N) is 3. The first-order chi connectivity index (χ1) is 20.1. The van der Waals surface area contributed by atoms with Gasteiger partial charge in [-0.05, 0) is 41.8 Å². The second-order valence-corrected chi connectivity index (χ2v) is 10.7. The van der Waals surface area contributed by atoms with E-state index in [-0.39, 0.29) is 42.8 Å². The normalized spacial score (nSPS) is 21.7. The van der Waals surface area contributed by atoms with Gasteiger partial charge in [-0.2, -0.15) is 0 Å². The van der Waals surface area contributed by atoms with Crippen LogP contribution in [-0.2, 0) is 19.9 Å². The number of hydrogen-bond acceptors (Lipinski definition) is 9. The van der Waals surface area contributed by atoms with Gasteiger partial charge < -0.3 is 41.1 Å². The summed E-state index contributed by atoms with van der Waals surface area (Å²) in [6, 6.07) is 3.88. The Bertz CT molecular complexity index is 1460. The summed E-state index contributed by atoms with van der Waals surface area (Å²) >= 11 is 0. The number of pyridine rings is 1. The van der Waals surface area contributed by atoms with Crippen molar-refractivity contribution in [2.45, 2.75) is 31.5 Å². The van der Waals surface area contributed by atoms with E-state index in [0.717, 1.165) is 5.69 Å². The number of nitrogens with one attached hydrogen (secondary N) is 4. The fourth-order valence-corrected chi connectivity index (χ4v) is 5.42. The van der Waals surface area contributed by atoms with Gasteiger partial charge in [0.15, 0.2) is 0 Å². The number of methoxy groups -OCH3 is 1. The van der Waals surface area contributed by atoms with E-state index in [0.29, 0.717) is 36.0 Å². The third-order valence-electron chi connectivity index (χ3n) is 7.70. The number of carbonyl (C=O) groups is 1. The minimum atomic E-state index is -0.876. The third-order valence-corrected chi connectivity index (χ3v) is 7.70. The monoisotopic (exact) mass is 580 g/mol. The van der Waals surface area contributed by atoms with Crippen LogP contribution in [0.25, 0.3) is 6.08 Å². The molecule has 0 aliphatic carbocycles. The van der Waals surface area contributed by atoms with Gasteiger partial charge in [-0.3, -0.25) is 9.78 Å². The van der Waals surface area contributed by atoms with E-state index in [1.807, 2.05) is 6.07 Å². The number of carbonyl (C=O) groups excluding carboxylic acids is 1. The molecular weight excluding hydrogens is 546 g/mol. The Balaban J connectivity index is 1.27. The Morgan fingerprint density at radius 3 is 2.64 bits per heavy atom. The van der Waals surface area contributed by atoms with Gasteiger partial charge in [0.2, 0.25) is 11.9 Å². The minimum absolute atomic E-state index is 0.104. The number of piperidine rings is 1. The summed E-state index contributed by atoms with van der Waals surface area (Å²) in [5.41, 5.74) is 7.19. The Morgan fingerprint density at radius 2 is 2.02 bits per heavy atom. The predicted octanol–water partition coefficient (Wildman–Crippen LogP) is 3.07. The number of hydrogen-bond donors (Lipinski definition) is 5. The van der Waals surface area contributed by atoms with Crippen LogP contribution in [0.4, 0.5) is 26.1 Å². The van der Waals surface area contributed by atoms with Crippen LogP contribution in [0.15, 0.2) is 42.9 Å². The number of benzene rings is 1. The van der Waals surface area contributed by atoms with Crippen molar-refractivity contribution in [1.82, 2.24) is 20.3 Å². The van der Waals surface area contributed by atoms with Crippen LogP contribution >= 0.6 is 0 Å². The summed E-state index contributed by atoms with van der Waals surface area (Å²) in [6.07, 6.45) is 7.72. The maximum atomic E-state index is 14.9. The number of aromatic nitrogens is 3. The average molecular weight is 581 g/mol. The molecule has 6 N–H and O–H groups in total. The number of imidazole rings is 1. The highest BCUT2D eigenvalue weighted by atomic mass is 19.1. The van der Waals surface area contributed by atoms with Crippen molar-refractivity contribution >= 4 is 35.0 Å². The lowest BCUT2D eigenvalue weighted by molar-refractivity contribution is -0.202. The van der Waals surface area contributed by atoms with Crippen molar-refractivity contribution in [3.63, 3.8) is 0 Å². The molecule has 2 fully saturated rings. The van der Waals surface area contributed by atoms with Crippen LogP contribution < -0.4 is 21.3 Å². The van der Waals surface area contributed by atoms with Crippen LogP contribution in [0.2, 0.25) is 0 Å². The van der Waals surface area contributed by atoms with Crippen molar-refractivity contribution in [1.29, 1.82) is 5.41 Å². The zero-order valence-corrected chi connectivity index (χ0v) is 23.6. The van der Waals surface area contributed by atoms with Crippen molar-refractivity contribution in [3.8, 4) is 0 Å². The van der Waals surface area contributed by atoms with Gasteiger partial charge in [0.05, 0.1) is 54.0 Å². The molecule has 2 aliphatic rings. The summed E-state index contributed by atoms with van der Waals surface area (Å²) in [4.78, 5) is 25.4. The SMILES string of the molecule is COC1(c2cc(F)c(C(=N)/C=C\c3cnc(Nc4cnccc4N4CC(C)C(NC(C)=O)C(N)C4)[nH]3)c(F)c2)COC1. The number of amides is 1. The lowest BCUT2D eigenvalue weighted by Gasteiger charge is -2.42. The topological polar surface area (TPSA) is 154 Å². The van der Waals surface area contributed by atoms with Crippen LogP contribution in [0, 0.1) is 23.0 Å². The predicted molar refractivity (Wildman–Crippen MR) is 155 cm³/mol. The molecule has 3 aromatic rings. The van der Waals surface area contributed by atoms with E-state index in [1.165, 1.54) is 44.5 Å². The minimum Gasteiger partial charge on any atom is -0.375 e. The first-order valence-electron chi connectivity index (χ1n) is 13.5. The second kappa shape index (κ2) is 12.0. The van der Waals surface area contributed by atoms with E-state index in [2.05, 4.69) is 37.4 Å². The molecule has 0 radical (unpaired) electrons. The van der Waals surface area contributed by atoms with Gasteiger partial charge in [-0.15, -0.1) is 0 Å². The van der Waals surface area contributed by atoms with E-state index >= 15 is 0 Å². The number of allylic oxidation sites excluding steroid dienone is 1. The largest absolute Gasteiger partial charge is 0.375 e. The summed E-state index contributed by atoms with van der Waals surface area (Å²) in [6.45, 7) is 5.17. The fourth-order valence-electron chi connectivity index (χ4n) is 5.42. The number of rotatable bonds is 9. The molecular formula is C29H34F2N8O3. The fraction of sp³-hybridized carbons (Fsp3) is 0.379. The number of halogens is 2. The molecule has 0 bridgehead atoms. The Labute approximate surface area is 242 Å². The lowest BCUT2D eigenvalue weighted by atomic mass is 9.89. The maximum Gasteiger partial charge on any atom is 0.217 e. The summed E-state index contributed by atoms with van der Waals surface area (Å²) in [5, 5.41) is 14.5. The van der Waals surface area contributed by atoms with Crippen molar-refractivity contribution in [2.75, 3.05) is 43.6 Å². The van der Waals surface area contributed by atoms with Crippen LogP contribution in [0.3, 0.4) is 0 Å². The third kappa shape index (κ3) is 5.89. The molecule has 0 spiro atoms. The molecule has 1 aromatic carbocycles. The first kappa shape index (κ1) is 29.3. The summed E-state index contributed by atoms with van der Waals surface area (Å²) in [5.74, 6) is -1.28. The van der Waals surface area contributed by atoms with E-state index in [1.54, 1.807) is 12.4 Å². The van der Waals surface area contributed by atoms with Crippen LogP contribution in [0.5, 0.6) is 0 Å². The van der Waals surface area contributed by atoms with Gasteiger partial charge in [0.25, 0.3) is 0 Å². The van der Waals surface area contributed by atoms with Gasteiger partial charge in [-0.25, -0.2) is 13.8 Å². The summed E-state index contributed by atoms with van der Waals surface area (Å²) in [7, 11) is 1.47. The number of aromatic amines is 1. The van der Waals surface area contributed by atoms with Crippen LogP contribution in [0.1, 0.15) is 30.7 Å². The second-order valence-electron chi connectivity index (χ2n) is 10.7. The van der Waals surface area contributed by atoms with Crippen LogP contribution in [-0.4, -0.2) is 72.1 Å². The molecule has 2 aromatic heterocycles. The highest BCUT2D eigenvalue weighted by Gasteiger charge is 2.41. The van der Waals surface area contributed by atoms with Gasteiger partial charge in [0, 0.05) is 45.4 Å². The molecule has 0 saturated carbocycles. The standard InChI is InChI=1S/C29H34F2N8O3/c1-16-12-39(13-23(33)27(16)36-17(2)40)25-6-7-34-11-24(25)38-28-35-10-19(37-28)4-5-22(32)26-20(30)8-18(9-21(26)31)29(41-3)14-42-15-29/h4-11,16,23,27,32H,12-15,33H2,1-3H3,(H,36,40)(H2,35,37,38)/b5-4-,32-22?. The number of H-pyrrole nitrogens is 1. The number of anilines is 3. The molecule has 42 heavy (non-hydrogen) atoms. The quantitative estimate of drug-likeness (QED) is 0.242. The van der Waals surface area contributed by atoms with E-state index in [4.69, 9.17) is 20.6 Å². The Kier molecular flexibility index (Phi) is 8.34. The molecule has 11 nitrogen and oxygen atoms in total. The molecule has 3 unspecified atom stereocenters. The van der Waals surface area contributed by atoms with Crippen molar-refractivity contribution in [3.05, 3.63) is 71.3 Å². The lowest BCUT2D eigenvalue weighted by Crippen LogP contribution is -2.61. The molecule has 4 heterocycles. The molecule has 2 aliphatic heterocycles. The first-order valence-corrected chi connectivity index (χ1v) is 13.5. The molecule has 1 amide bonds. The molecule has 3 atom stereocenters. The van der Waals surface area contributed by atoms with Crippen molar-refractivity contribution in [2.24, 2.45) is 11.7 Å².